The van der Waals surface area contributed by atoms with E-state index >= 15 is 0 Å². The van der Waals surface area contributed by atoms with Crippen LogP contribution in [0.5, 0.6) is 5.75 Å². The molecule has 1 unspecified atom stereocenters. The number of rotatable bonds is 3. The fourth-order valence-corrected chi connectivity index (χ4v) is 2.44. The lowest BCUT2D eigenvalue weighted by molar-refractivity contribution is 0.241. The summed E-state index contributed by atoms with van der Waals surface area (Å²) in [6.45, 7) is 2.89. The standard InChI is InChI=1S/C15H17NO2/c1-11(14-7-4-9-17-14)16-13-8-10-18-15-6-3-2-5-12(13)15/h2-7,9,11,13,16H,8,10H2,1H3/t11-,13?/m1/s1. The molecule has 3 heteroatoms. The van der Waals surface area contributed by atoms with Crippen molar-refractivity contribution in [3.8, 4) is 5.75 Å². The van der Waals surface area contributed by atoms with E-state index < -0.39 is 0 Å². The molecule has 1 N–H and O–H groups in total. The second-order valence-electron chi connectivity index (χ2n) is 4.63. The van der Waals surface area contributed by atoms with Gasteiger partial charge in [-0.25, -0.2) is 0 Å². The topological polar surface area (TPSA) is 34.4 Å². The van der Waals surface area contributed by atoms with Crippen molar-refractivity contribution in [1.82, 2.24) is 5.32 Å². The summed E-state index contributed by atoms with van der Waals surface area (Å²) < 4.78 is 11.1. The van der Waals surface area contributed by atoms with Gasteiger partial charge in [0.05, 0.1) is 18.9 Å². The summed E-state index contributed by atoms with van der Waals surface area (Å²) in [6.07, 6.45) is 2.70. The van der Waals surface area contributed by atoms with E-state index in [0.717, 1.165) is 24.5 Å². The third-order valence-corrected chi connectivity index (χ3v) is 3.38. The Labute approximate surface area is 107 Å². The van der Waals surface area contributed by atoms with Gasteiger partial charge in [-0.15, -0.1) is 0 Å². The molecule has 2 heterocycles. The van der Waals surface area contributed by atoms with Crippen molar-refractivity contribution in [3.05, 3.63) is 54.0 Å². The molecule has 94 valence electrons. The minimum Gasteiger partial charge on any atom is -0.493 e. The van der Waals surface area contributed by atoms with Crippen molar-refractivity contribution < 1.29 is 9.15 Å². The molecule has 0 radical (unpaired) electrons. The minimum atomic E-state index is 0.205. The number of hydrogen-bond acceptors (Lipinski definition) is 3. The monoisotopic (exact) mass is 243 g/mol. The highest BCUT2D eigenvalue weighted by Crippen LogP contribution is 2.33. The lowest BCUT2D eigenvalue weighted by Crippen LogP contribution is -2.29. The van der Waals surface area contributed by atoms with E-state index in [1.54, 1.807) is 6.26 Å². The first-order valence-electron chi connectivity index (χ1n) is 6.36. The molecule has 3 nitrogen and oxygen atoms in total. The average molecular weight is 243 g/mol. The van der Waals surface area contributed by atoms with Gasteiger partial charge in [0, 0.05) is 18.0 Å². The Hall–Kier alpha value is -1.74. The van der Waals surface area contributed by atoms with E-state index in [2.05, 4.69) is 24.4 Å². The summed E-state index contributed by atoms with van der Waals surface area (Å²) in [5.41, 5.74) is 1.24. The van der Waals surface area contributed by atoms with E-state index in [4.69, 9.17) is 9.15 Å². The van der Waals surface area contributed by atoms with E-state index in [9.17, 15) is 0 Å². The van der Waals surface area contributed by atoms with Crippen LogP contribution >= 0.6 is 0 Å². The summed E-state index contributed by atoms with van der Waals surface area (Å²) in [6, 6.07) is 12.7. The van der Waals surface area contributed by atoms with Crippen molar-refractivity contribution >= 4 is 0 Å². The lowest BCUT2D eigenvalue weighted by Gasteiger charge is -2.28. The van der Waals surface area contributed by atoms with Crippen LogP contribution < -0.4 is 10.1 Å². The number of benzene rings is 1. The predicted octanol–water partition coefficient (Wildman–Crippen LogP) is 3.45. The molecule has 1 aromatic carbocycles. The SMILES string of the molecule is C[C@@H](NC1CCOc2ccccc21)c1ccco1. The molecular weight excluding hydrogens is 226 g/mol. The number of nitrogens with one attached hydrogen (secondary N) is 1. The molecule has 0 bridgehead atoms. The number of ether oxygens (including phenoxy) is 1. The molecule has 0 spiro atoms. The van der Waals surface area contributed by atoms with Gasteiger partial charge < -0.3 is 14.5 Å². The molecule has 1 aliphatic heterocycles. The van der Waals surface area contributed by atoms with Crippen molar-refractivity contribution in [1.29, 1.82) is 0 Å². The van der Waals surface area contributed by atoms with Gasteiger partial charge in [-0.1, -0.05) is 18.2 Å². The third-order valence-electron chi connectivity index (χ3n) is 3.38. The van der Waals surface area contributed by atoms with Gasteiger partial charge in [0.15, 0.2) is 0 Å². The largest absolute Gasteiger partial charge is 0.493 e. The molecule has 0 saturated carbocycles. The minimum absolute atomic E-state index is 0.205. The molecule has 0 aliphatic carbocycles. The number of fused-ring (bicyclic) bond motifs is 1. The van der Waals surface area contributed by atoms with Crippen LogP contribution in [0, 0.1) is 0 Å². The molecule has 18 heavy (non-hydrogen) atoms. The summed E-state index contributed by atoms with van der Waals surface area (Å²) in [5.74, 6) is 1.96. The second kappa shape index (κ2) is 4.86. The number of para-hydroxylation sites is 1. The Balaban J connectivity index is 1.78. The Kier molecular flexibility index (Phi) is 3.07. The van der Waals surface area contributed by atoms with Crippen LogP contribution in [-0.2, 0) is 0 Å². The highest BCUT2D eigenvalue weighted by atomic mass is 16.5. The zero-order chi connectivity index (χ0) is 12.4. The highest BCUT2D eigenvalue weighted by molar-refractivity contribution is 5.37. The van der Waals surface area contributed by atoms with E-state index in [0.29, 0.717) is 6.04 Å². The fourth-order valence-electron chi connectivity index (χ4n) is 2.44. The average Bonchev–Trinajstić information content (AvgIpc) is 2.93. The van der Waals surface area contributed by atoms with Crippen molar-refractivity contribution in [2.45, 2.75) is 25.4 Å². The van der Waals surface area contributed by atoms with Gasteiger partial charge in [0.25, 0.3) is 0 Å². The van der Waals surface area contributed by atoms with Gasteiger partial charge in [0.2, 0.25) is 0 Å². The van der Waals surface area contributed by atoms with E-state index in [1.165, 1.54) is 5.56 Å². The molecular formula is C15H17NO2. The fraction of sp³-hybridized carbons (Fsp3) is 0.333. The number of furan rings is 1. The second-order valence-corrected chi connectivity index (χ2v) is 4.63. The van der Waals surface area contributed by atoms with E-state index in [-0.39, 0.29) is 6.04 Å². The summed E-state index contributed by atoms with van der Waals surface area (Å²) in [5, 5.41) is 3.60. The van der Waals surface area contributed by atoms with Crippen LogP contribution in [0.2, 0.25) is 0 Å². The first-order valence-corrected chi connectivity index (χ1v) is 6.36. The maximum absolute atomic E-state index is 5.66. The van der Waals surface area contributed by atoms with Gasteiger partial charge in [0.1, 0.15) is 11.5 Å². The quantitative estimate of drug-likeness (QED) is 0.896. The van der Waals surface area contributed by atoms with Gasteiger partial charge in [-0.05, 0) is 25.1 Å². The maximum Gasteiger partial charge on any atom is 0.124 e. The van der Waals surface area contributed by atoms with Crippen molar-refractivity contribution in [2.24, 2.45) is 0 Å². The maximum atomic E-state index is 5.66. The molecule has 3 rings (SSSR count). The lowest BCUT2D eigenvalue weighted by atomic mass is 9.99. The zero-order valence-electron chi connectivity index (χ0n) is 10.4. The molecule has 0 amide bonds. The molecule has 1 aliphatic rings. The van der Waals surface area contributed by atoms with Crippen LogP contribution in [0.15, 0.2) is 47.1 Å². The van der Waals surface area contributed by atoms with Gasteiger partial charge in [-0.3, -0.25) is 0 Å². The molecule has 2 aromatic rings. The first-order chi connectivity index (χ1) is 8.84. The highest BCUT2D eigenvalue weighted by Gasteiger charge is 2.23. The van der Waals surface area contributed by atoms with Crippen LogP contribution in [0.3, 0.4) is 0 Å². The van der Waals surface area contributed by atoms with Gasteiger partial charge >= 0.3 is 0 Å². The Morgan fingerprint density at radius 2 is 2.11 bits per heavy atom. The molecule has 0 saturated heterocycles. The summed E-state index contributed by atoms with van der Waals surface area (Å²) in [7, 11) is 0. The third kappa shape index (κ3) is 2.14. The van der Waals surface area contributed by atoms with Crippen LogP contribution in [0.1, 0.15) is 36.8 Å². The predicted molar refractivity (Wildman–Crippen MR) is 69.6 cm³/mol. The normalized spacial score (nSPS) is 19.9. The summed E-state index contributed by atoms with van der Waals surface area (Å²) in [4.78, 5) is 0. The van der Waals surface area contributed by atoms with Crippen molar-refractivity contribution in [3.63, 3.8) is 0 Å². The van der Waals surface area contributed by atoms with E-state index in [1.807, 2.05) is 24.3 Å². The molecule has 0 fully saturated rings. The first kappa shape index (κ1) is 11.4. The number of hydrogen-bond donors (Lipinski definition) is 1. The molecule has 1 aromatic heterocycles. The Bertz CT molecular complexity index is 507. The smallest absolute Gasteiger partial charge is 0.124 e. The summed E-state index contributed by atoms with van der Waals surface area (Å²) >= 11 is 0. The van der Waals surface area contributed by atoms with Crippen LogP contribution in [0.4, 0.5) is 0 Å². The van der Waals surface area contributed by atoms with Crippen LogP contribution in [-0.4, -0.2) is 6.61 Å². The zero-order valence-corrected chi connectivity index (χ0v) is 10.4. The Morgan fingerprint density at radius 1 is 1.22 bits per heavy atom. The Morgan fingerprint density at radius 3 is 2.94 bits per heavy atom. The van der Waals surface area contributed by atoms with Gasteiger partial charge in [-0.2, -0.15) is 0 Å². The van der Waals surface area contributed by atoms with Crippen molar-refractivity contribution in [2.75, 3.05) is 6.61 Å². The van der Waals surface area contributed by atoms with Crippen LogP contribution in [0.25, 0.3) is 0 Å². The molecule has 2 atom stereocenters.